The highest BCUT2D eigenvalue weighted by atomic mass is 79.9. The molecule has 0 aliphatic rings. The number of benzene rings is 1. The topological polar surface area (TPSA) is 54.0 Å². The second-order valence-electron chi connectivity index (χ2n) is 4.53. The summed E-state index contributed by atoms with van der Waals surface area (Å²) < 4.78 is 0.989. The third kappa shape index (κ3) is 3.81. The molecule has 0 spiro atoms. The number of halogens is 1. The Morgan fingerprint density at radius 1 is 1.30 bits per heavy atom. The standard InChI is InChI=1S/C15H16BrN3O/c1-10-9-12(16)6-7-13(10)19-15(20)18-11(2)14-5-3-4-8-17-14/h3-9,11H,1-2H3,(H2,18,19,20). The van der Waals surface area contributed by atoms with Crippen molar-refractivity contribution in [3.63, 3.8) is 0 Å². The van der Waals surface area contributed by atoms with Crippen molar-refractivity contribution in [3.8, 4) is 0 Å². The number of pyridine rings is 1. The van der Waals surface area contributed by atoms with Crippen molar-refractivity contribution in [1.29, 1.82) is 0 Å². The van der Waals surface area contributed by atoms with Gasteiger partial charge in [0.2, 0.25) is 0 Å². The van der Waals surface area contributed by atoms with Gasteiger partial charge in [-0.05, 0) is 49.7 Å². The Morgan fingerprint density at radius 2 is 2.10 bits per heavy atom. The van der Waals surface area contributed by atoms with E-state index in [0.717, 1.165) is 21.4 Å². The lowest BCUT2D eigenvalue weighted by atomic mass is 10.2. The van der Waals surface area contributed by atoms with E-state index >= 15 is 0 Å². The Bertz CT molecular complexity index is 601. The van der Waals surface area contributed by atoms with Gasteiger partial charge in [0.15, 0.2) is 0 Å². The van der Waals surface area contributed by atoms with Crippen LogP contribution in [0.3, 0.4) is 0 Å². The Kier molecular flexibility index (Phi) is 4.74. The van der Waals surface area contributed by atoms with Gasteiger partial charge in [0.1, 0.15) is 0 Å². The minimum absolute atomic E-state index is 0.146. The molecule has 20 heavy (non-hydrogen) atoms. The Labute approximate surface area is 126 Å². The van der Waals surface area contributed by atoms with Crippen LogP contribution in [0.25, 0.3) is 0 Å². The fourth-order valence-electron chi connectivity index (χ4n) is 1.83. The Hall–Kier alpha value is -1.88. The Morgan fingerprint density at radius 3 is 2.75 bits per heavy atom. The molecule has 0 saturated heterocycles. The average molecular weight is 334 g/mol. The minimum atomic E-state index is -0.242. The first kappa shape index (κ1) is 14.5. The number of hydrogen-bond acceptors (Lipinski definition) is 2. The number of carbonyl (C=O) groups excluding carboxylic acids is 1. The van der Waals surface area contributed by atoms with E-state index in [0.29, 0.717) is 0 Å². The lowest BCUT2D eigenvalue weighted by Crippen LogP contribution is -2.31. The maximum atomic E-state index is 12.0. The van der Waals surface area contributed by atoms with Gasteiger partial charge < -0.3 is 10.6 Å². The highest BCUT2D eigenvalue weighted by Crippen LogP contribution is 2.20. The van der Waals surface area contributed by atoms with Crippen molar-refractivity contribution in [1.82, 2.24) is 10.3 Å². The zero-order valence-corrected chi connectivity index (χ0v) is 12.9. The molecular weight excluding hydrogens is 318 g/mol. The number of aromatic nitrogens is 1. The van der Waals surface area contributed by atoms with Gasteiger partial charge >= 0.3 is 6.03 Å². The van der Waals surface area contributed by atoms with Gasteiger partial charge in [0.05, 0.1) is 11.7 Å². The average Bonchev–Trinajstić information content (AvgIpc) is 2.43. The van der Waals surface area contributed by atoms with E-state index < -0.39 is 0 Å². The van der Waals surface area contributed by atoms with Gasteiger partial charge in [-0.15, -0.1) is 0 Å². The third-order valence-corrected chi connectivity index (χ3v) is 3.41. The molecule has 2 N–H and O–H groups in total. The van der Waals surface area contributed by atoms with E-state index in [1.807, 2.05) is 50.2 Å². The van der Waals surface area contributed by atoms with Crippen LogP contribution in [0.15, 0.2) is 47.1 Å². The number of hydrogen-bond donors (Lipinski definition) is 2. The van der Waals surface area contributed by atoms with Gasteiger partial charge in [-0.1, -0.05) is 22.0 Å². The van der Waals surface area contributed by atoms with E-state index in [9.17, 15) is 4.79 Å². The predicted octanol–water partition coefficient (Wildman–Crippen LogP) is 4.04. The van der Waals surface area contributed by atoms with Crippen molar-refractivity contribution in [2.75, 3.05) is 5.32 Å². The number of amides is 2. The number of rotatable bonds is 3. The van der Waals surface area contributed by atoms with Crippen LogP contribution in [-0.2, 0) is 0 Å². The van der Waals surface area contributed by atoms with Crippen molar-refractivity contribution in [3.05, 3.63) is 58.3 Å². The van der Waals surface area contributed by atoms with Gasteiger partial charge in [-0.2, -0.15) is 0 Å². The summed E-state index contributed by atoms with van der Waals surface area (Å²) in [5.74, 6) is 0. The first-order chi connectivity index (χ1) is 9.56. The van der Waals surface area contributed by atoms with E-state index in [1.54, 1.807) is 6.20 Å². The number of anilines is 1. The molecule has 4 nitrogen and oxygen atoms in total. The quantitative estimate of drug-likeness (QED) is 0.890. The van der Waals surface area contributed by atoms with Gasteiger partial charge in [0, 0.05) is 16.4 Å². The van der Waals surface area contributed by atoms with Gasteiger partial charge in [0.25, 0.3) is 0 Å². The Balaban J connectivity index is 1.99. The zero-order chi connectivity index (χ0) is 14.5. The molecule has 5 heteroatoms. The first-order valence-corrected chi connectivity index (χ1v) is 7.10. The molecule has 104 valence electrons. The van der Waals surface area contributed by atoms with Crippen molar-refractivity contribution >= 4 is 27.6 Å². The SMILES string of the molecule is Cc1cc(Br)ccc1NC(=O)NC(C)c1ccccn1. The van der Waals surface area contributed by atoms with E-state index in [4.69, 9.17) is 0 Å². The summed E-state index contributed by atoms with van der Waals surface area (Å²) in [6, 6.07) is 11.0. The molecule has 1 aromatic carbocycles. The van der Waals surface area contributed by atoms with Crippen molar-refractivity contribution in [2.45, 2.75) is 19.9 Å². The molecule has 1 heterocycles. The first-order valence-electron chi connectivity index (χ1n) is 6.31. The molecule has 1 unspecified atom stereocenters. The van der Waals surface area contributed by atoms with Crippen LogP contribution >= 0.6 is 15.9 Å². The van der Waals surface area contributed by atoms with E-state index in [1.165, 1.54) is 0 Å². The summed E-state index contributed by atoms with van der Waals surface area (Å²) in [6.45, 7) is 3.85. The maximum Gasteiger partial charge on any atom is 0.319 e. The van der Waals surface area contributed by atoms with Crippen LogP contribution in [0.5, 0.6) is 0 Å². The molecule has 0 saturated carbocycles. The number of nitrogens with zero attached hydrogens (tertiary/aromatic N) is 1. The molecule has 0 bridgehead atoms. The number of aryl methyl sites for hydroxylation is 1. The van der Waals surface area contributed by atoms with Crippen molar-refractivity contribution < 1.29 is 4.79 Å². The molecular formula is C15H16BrN3O. The smallest absolute Gasteiger partial charge is 0.319 e. The molecule has 0 aliphatic carbocycles. The van der Waals surface area contributed by atoms with Crippen LogP contribution in [0, 0.1) is 6.92 Å². The van der Waals surface area contributed by atoms with Crippen LogP contribution in [0.1, 0.15) is 24.2 Å². The minimum Gasteiger partial charge on any atom is -0.330 e. The van der Waals surface area contributed by atoms with Crippen LogP contribution in [-0.4, -0.2) is 11.0 Å². The molecule has 0 fully saturated rings. The van der Waals surface area contributed by atoms with Crippen LogP contribution < -0.4 is 10.6 Å². The zero-order valence-electron chi connectivity index (χ0n) is 11.4. The molecule has 1 atom stereocenters. The molecule has 2 aromatic rings. The van der Waals surface area contributed by atoms with Crippen LogP contribution in [0.2, 0.25) is 0 Å². The van der Waals surface area contributed by atoms with E-state index in [-0.39, 0.29) is 12.1 Å². The summed E-state index contributed by atoms with van der Waals surface area (Å²) in [4.78, 5) is 16.2. The predicted molar refractivity (Wildman–Crippen MR) is 83.7 cm³/mol. The maximum absolute atomic E-state index is 12.0. The molecule has 2 rings (SSSR count). The number of carbonyl (C=O) groups is 1. The lowest BCUT2D eigenvalue weighted by molar-refractivity contribution is 0.249. The summed E-state index contributed by atoms with van der Waals surface area (Å²) >= 11 is 3.40. The number of nitrogens with one attached hydrogen (secondary N) is 2. The summed E-state index contributed by atoms with van der Waals surface area (Å²) in [6.07, 6.45) is 1.71. The number of urea groups is 1. The second kappa shape index (κ2) is 6.52. The molecule has 0 radical (unpaired) electrons. The largest absolute Gasteiger partial charge is 0.330 e. The summed E-state index contributed by atoms with van der Waals surface area (Å²) in [5.41, 5.74) is 2.62. The van der Waals surface area contributed by atoms with Crippen LogP contribution in [0.4, 0.5) is 10.5 Å². The normalized spacial score (nSPS) is 11.8. The molecule has 1 aromatic heterocycles. The van der Waals surface area contributed by atoms with Gasteiger partial charge in [-0.25, -0.2) is 4.79 Å². The summed E-state index contributed by atoms with van der Waals surface area (Å²) in [7, 11) is 0. The monoisotopic (exact) mass is 333 g/mol. The molecule has 2 amide bonds. The summed E-state index contributed by atoms with van der Waals surface area (Å²) in [5, 5.41) is 5.70. The van der Waals surface area contributed by atoms with E-state index in [2.05, 4.69) is 31.5 Å². The fourth-order valence-corrected chi connectivity index (χ4v) is 2.30. The molecule has 0 aliphatic heterocycles. The highest BCUT2D eigenvalue weighted by Gasteiger charge is 2.11. The fraction of sp³-hybridized carbons (Fsp3) is 0.200. The van der Waals surface area contributed by atoms with Crippen molar-refractivity contribution in [2.24, 2.45) is 0 Å². The second-order valence-corrected chi connectivity index (χ2v) is 5.45. The lowest BCUT2D eigenvalue weighted by Gasteiger charge is -2.15. The van der Waals surface area contributed by atoms with Gasteiger partial charge in [-0.3, -0.25) is 4.98 Å². The third-order valence-electron chi connectivity index (χ3n) is 2.92. The highest BCUT2D eigenvalue weighted by molar-refractivity contribution is 9.10.